The second-order valence-electron chi connectivity index (χ2n) is 4.20. The molecule has 0 bridgehead atoms. The molecule has 1 aromatic carbocycles. The van der Waals surface area contributed by atoms with Crippen LogP contribution in [0.25, 0.3) is 0 Å². The average Bonchev–Trinajstić information content (AvgIpc) is 2.38. The topological polar surface area (TPSA) is 66.4 Å². The molecule has 0 aliphatic heterocycles. The lowest BCUT2D eigenvalue weighted by Crippen LogP contribution is -2.24. The molecule has 1 amide bonds. The van der Waals surface area contributed by atoms with Crippen molar-refractivity contribution in [2.45, 2.75) is 32.6 Å². The first-order valence-corrected chi connectivity index (χ1v) is 6.26. The molecule has 0 saturated heterocycles. The molecule has 0 atom stereocenters. The lowest BCUT2D eigenvalue weighted by atomic mass is 10.1. The molecular weight excluding hydrogens is 230 g/mol. The summed E-state index contributed by atoms with van der Waals surface area (Å²) in [5.74, 6) is -1.13. The first-order valence-electron chi connectivity index (χ1n) is 6.26. The van der Waals surface area contributed by atoms with E-state index in [0.29, 0.717) is 12.1 Å². The molecule has 4 heteroatoms. The zero-order valence-electron chi connectivity index (χ0n) is 10.6. The van der Waals surface area contributed by atoms with Crippen molar-refractivity contribution in [3.8, 4) is 0 Å². The van der Waals surface area contributed by atoms with Gasteiger partial charge in [0.1, 0.15) is 0 Å². The monoisotopic (exact) mass is 249 g/mol. The smallest absolute Gasteiger partial charge is 0.335 e. The minimum atomic E-state index is -0.985. The van der Waals surface area contributed by atoms with Crippen LogP contribution < -0.4 is 5.32 Å². The minimum absolute atomic E-state index is 0.150. The van der Waals surface area contributed by atoms with Gasteiger partial charge in [0.25, 0.3) is 5.91 Å². The van der Waals surface area contributed by atoms with Crippen molar-refractivity contribution in [3.05, 3.63) is 35.4 Å². The van der Waals surface area contributed by atoms with E-state index in [1.807, 2.05) is 0 Å². The van der Waals surface area contributed by atoms with Crippen LogP contribution in [0, 0.1) is 0 Å². The number of hydrogen-bond acceptors (Lipinski definition) is 2. The van der Waals surface area contributed by atoms with E-state index in [9.17, 15) is 9.59 Å². The fraction of sp³-hybridized carbons (Fsp3) is 0.429. The molecule has 1 aromatic rings. The van der Waals surface area contributed by atoms with Gasteiger partial charge in [-0.05, 0) is 30.7 Å². The van der Waals surface area contributed by atoms with Crippen molar-refractivity contribution >= 4 is 11.9 Å². The predicted octanol–water partition coefficient (Wildman–Crippen LogP) is 2.69. The Kier molecular flexibility index (Phi) is 5.91. The maximum Gasteiger partial charge on any atom is 0.335 e. The summed E-state index contributed by atoms with van der Waals surface area (Å²) in [4.78, 5) is 22.4. The molecular formula is C14H19NO3. The molecule has 0 aliphatic rings. The number of carboxylic acids is 1. The Labute approximate surface area is 107 Å². The van der Waals surface area contributed by atoms with Crippen LogP contribution >= 0.6 is 0 Å². The third-order valence-electron chi connectivity index (χ3n) is 2.71. The van der Waals surface area contributed by atoms with E-state index in [2.05, 4.69) is 12.2 Å². The van der Waals surface area contributed by atoms with E-state index in [0.717, 1.165) is 12.8 Å². The van der Waals surface area contributed by atoms with Crippen LogP contribution in [-0.4, -0.2) is 23.5 Å². The zero-order chi connectivity index (χ0) is 13.4. The Hall–Kier alpha value is -1.84. The molecule has 98 valence electrons. The summed E-state index contributed by atoms with van der Waals surface area (Å²) in [6.45, 7) is 2.81. The van der Waals surface area contributed by atoms with Gasteiger partial charge in [-0.3, -0.25) is 4.79 Å². The number of carboxylic acid groups (broad SMARTS) is 1. The molecule has 0 unspecified atom stereocenters. The number of aromatic carboxylic acids is 1. The summed E-state index contributed by atoms with van der Waals surface area (Å²) in [5, 5.41) is 11.6. The maximum absolute atomic E-state index is 11.7. The number of rotatable bonds is 7. The molecule has 0 fully saturated rings. The standard InChI is InChI=1S/C14H19NO3/c1-2-3-4-5-10-15-13(16)11-6-8-12(9-7-11)14(17)18/h6-9H,2-5,10H2,1H3,(H,15,16)(H,17,18). The number of amides is 1. The van der Waals surface area contributed by atoms with Crippen LogP contribution in [0.5, 0.6) is 0 Å². The average molecular weight is 249 g/mol. The summed E-state index contributed by atoms with van der Waals surface area (Å²) in [7, 11) is 0. The summed E-state index contributed by atoms with van der Waals surface area (Å²) >= 11 is 0. The quantitative estimate of drug-likeness (QED) is 0.730. The van der Waals surface area contributed by atoms with Crippen LogP contribution in [0.2, 0.25) is 0 Å². The number of unbranched alkanes of at least 4 members (excludes halogenated alkanes) is 3. The number of benzene rings is 1. The summed E-state index contributed by atoms with van der Waals surface area (Å²) < 4.78 is 0. The van der Waals surface area contributed by atoms with E-state index < -0.39 is 5.97 Å². The van der Waals surface area contributed by atoms with Gasteiger partial charge in [-0.1, -0.05) is 26.2 Å². The van der Waals surface area contributed by atoms with Gasteiger partial charge in [-0.15, -0.1) is 0 Å². The number of carbonyl (C=O) groups excluding carboxylic acids is 1. The van der Waals surface area contributed by atoms with Crippen molar-refractivity contribution in [1.82, 2.24) is 5.32 Å². The van der Waals surface area contributed by atoms with Crippen LogP contribution in [0.1, 0.15) is 53.3 Å². The van der Waals surface area contributed by atoms with Crippen LogP contribution in [0.3, 0.4) is 0 Å². The van der Waals surface area contributed by atoms with Gasteiger partial charge in [-0.2, -0.15) is 0 Å². The maximum atomic E-state index is 11.7. The Morgan fingerprint density at radius 1 is 1.06 bits per heavy atom. The van der Waals surface area contributed by atoms with E-state index in [1.165, 1.54) is 37.1 Å². The third kappa shape index (κ3) is 4.57. The van der Waals surface area contributed by atoms with Crippen molar-refractivity contribution in [2.75, 3.05) is 6.54 Å². The van der Waals surface area contributed by atoms with Gasteiger partial charge in [0.05, 0.1) is 5.56 Å². The molecule has 0 spiro atoms. The highest BCUT2D eigenvalue weighted by atomic mass is 16.4. The molecule has 0 aromatic heterocycles. The molecule has 0 saturated carbocycles. The molecule has 4 nitrogen and oxygen atoms in total. The molecule has 0 aliphatic carbocycles. The lowest BCUT2D eigenvalue weighted by Gasteiger charge is -2.05. The summed E-state index contributed by atoms with van der Waals surface area (Å²) in [6, 6.07) is 5.94. The summed E-state index contributed by atoms with van der Waals surface area (Å²) in [5.41, 5.74) is 0.685. The largest absolute Gasteiger partial charge is 0.478 e. The Balaban J connectivity index is 2.39. The zero-order valence-corrected chi connectivity index (χ0v) is 10.6. The first kappa shape index (κ1) is 14.2. The Bertz CT molecular complexity index is 398. The van der Waals surface area contributed by atoms with Gasteiger partial charge in [0.15, 0.2) is 0 Å². The minimum Gasteiger partial charge on any atom is -0.478 e. The van der Waals surface area contributed by atoms with E-state index in [1.54, 1.807) is 0 Å². The van der Waals surface area contributed by atoms with Crippen molar-refractivity contribution in [3.63, 3.8) is 0 Å². The van der Waals surface area contributed by atoms with E-state index in [-0.39, 0.29) is 11.5 Å². The van der Waals surface area contributed by atoms with Crippen LogP contribution in [0.4, 0.5) is 0 Å². The normalized spacial score (nSPS) is 10.1. The molecule has 0 radical (unpaired) electrons. The highest BCUT2D eigenvalue weighted by Crippen LogP contribution is 2.04. The first-order chi connectivity index (χ1) is 8.65. The highest BCUT2D eigenvalue weighted by molar-refractivity contribution is 5.95. The number of hydrogen-bond donors (Lipinski definition) is 2. The molecule has 18 heavy (non-hydrogen) atoms. The second-order valence-corrected chi connectivity index (χ2v) is 4.20. The van der Waals surface area contributed by atoms with Crippen molar-refractivity contribution in [2.24, 2.45) is 0 Å². The molecule has 1 rings (SSSR count). The molecule has 2 N–H and O–H groups in total. The fourth-order valence-electron chi connectivity index (χ4n) is 1.62. The Morgan fingerprint density at radius 3 is 2.22 bits per heavy atom. The predicted molar refractivity (Wildman–Crippen MR) is 69.9 cm³/mol. The van der Waals surface area contributed by atoms with Crippen molar-refractivity contribution < 1.29 is 14.7 Å². The van der Waals surface area contributed by atoms with Gasteiger partial charge in [0.2, 0.25) is 0 Å². The lowest BCUT2D eigenvalue weighted by molar-refractivity contribution is 0.0696. The highest BCUT2D eigenvalue weighted by Gasteiger charge is 2.06. The van der Waals surface area contributed by atoms with Crippen LogP contribution in [-0.2, 0) is 0 Å². The fourth-order valence-corrected chi connectivity index (χ4v) is 1.62. The third-order valence-corrected chi connectivity index (χ3v) is 2.71. The van der Waals surface area contributed by atoms with Crippen molar-refractivity contribution in [1.29, 1.82) is 0 Å². The summed E-state index contributed by atoms with van der Waals surface area (Å²) in [6.07, 6.45) is 4.45. The second kappa shape index (κ2) is 7.48. The van der Waals surface area contributed by atoms with Gasteiger partial charge >= 0.3 is 5.97 Å². The van der Waals surface area contributed by atoms with Crippen LogP contribution in [0.15, 0.2) is 24.3 Å². The molecule has 0 heterocycles. The SMILES string of the molecule is CCCCCCNC(=O)c1ccc(C(=O)O)cc1. The van der Waals surface area contributed by atoms with Gasteiger partial charge in [0, 0.05) is 12.1 Å². The van der Waals surface area contributed by atoms with Gasteiger partial charge in [-0.25, -0.2) is 4.79 Å². The number of carbonyl (C=O) groups is 2. The Morgan fingerprint density at radius 2 is 1.67 bits per heavy atom. The number of nitrogens with one attached hydrogen (secondary N) is 1. The van der Waals surface area contributed by atoms with Gasteiger partial charge < -0.3 is 10.4 Å². The van der Waals surface area contributed by atoms with E-state index >= 15 is 0 Å². The van der Waals surface area contributed by atoms with E-state index in [4.69, 9.17) is 5.11 Å².